The van der Waals surface area contributed by atoms with Crippen LogP contribution in [0.3, 0.4) is 0 Å². The number of amides is 1. The quantitative estimate of drug-likeness (QED) is 0.677. The van der Waals surface area contributed by atoms with Gasteiger partial charge in [-0.05, 0) is 0 Å². The van der Waals surface area contributed by atoms with Crippen molar-refractivity contribution in [2.75, 3.05) is 11.6 Å². The first-order chi connectivity index (χ1) is 6.97. The smallest absolute Gasteiger partial charge is 0.413 e. The summed E-state index contributed by atoms with van der Waals surface area (Å²) in [6, 6.07) is 0. The average Bonchev–Trinajstić information content (AvgIpc) is 2.15. The second-order valence-electron chi connectivity index (χ2n) is 3.00. The number of rotatable bonds is 1. The Bertz CT molecular complexity index is 525. The highest BCUT2D eigenvalue weighted by atomic mass is 32.2. The predicted molar refractivity (Wildman–Crippen MR) is 48.9 cm³/mol. The summed E-state index contributed by atoms with van der Waals surface area (Å²) in [7, 11) is -3.47. The first kappa shape index (κ1) is 9.84. The topological polar surface area (TPSA) is 98.3 Å². The monoisotopic (exact) mass is 229 g/mol. The van der Waals surface area contributed by atoms with Crippen LogP contribution >= 0.6 is 0 Å². The number of carbonyl (C=O) groups is 1. The van der Waals surface area contributed by atoms with Crippen LogP contribution in [0.5, 0.6) is 0 Å². The average molecular weight is 229 g/mol. The van der Waals surface area contributed by atoms with Crippen molar-refractivity contribution in [1.82, 2.24) is 9.97 Å². The Hall–Kier alpha value is -1.70. The van der Waals surface area contributed by atoms with Crippen LogP contribution in [0.2, 0.25) is 0 Å². The van der Waals surface area contributed by atoms with Gasteiger partial charge < -0.3 is 4.74 Å². The summed E-state index contributed by atoms with van der Waals surface area (Å²) in [4.78, 5) is 18.2. The van der Waals surface area contributed by atoms with Gasteiger partial charge in [-0.25, -0.2) is 23.2 Å². The Morgan fingerprint density at radius 2 is 2.27 bits per heavy atom. The lowest BCUT2D eigenvalue weighted by atomic mass is 10.3. The van der Waals surface area contributed by atoms with E-state index in [2.05, 4.69) is 20.0 Å². The van der Waals surface area contributed by atoms with Crippen molar-refractivity contribution in [3.8, 4) is 0 Å². The number of ether oxygens (including phenoxy) is 1. The van der Waals surface area contributed by atoms with Gasteiger partial charge in [0.25, 0.3) is 0 Å². The highest BCUT2D eigenvalue weighted by Crippen LogP contribution is 2.19. The molecule has 2 rings (SSSR count). The maximum absolute atomic E-state index is 11.1. The fraction of sp³-hybridized carbons (Fsp3) is 0.286. The van der Waals surface area contributed by atoms with Crippen LogP contribution in [0.15, 0.2) is 11.4 Å². The van der Waals surface area contributed by atoms with Crippen LogP contribution in [-0.2, 0) is 21.2 Å². The number of nitrogens with one attached hydrogen (secondary N) is 1. The molecule has 15 heavy (non-hydrogen) atoms. The molecular weight excluding hydrogens is 222 g/mol. The number of nitrogens with zero attached hydrogens (tertiary/aromatic N) is 2. The van der Waals surface area contributed by atoms with Gasteiger partial charge in [-0.3, -0.25) is 5.32 Å². The molecule has 0 radical (unpaired) electrons. The Kier molecular flexibility index (Phi) is 2.07. The molecule has 1 aliphatic heterocycles. The zero-order chi connectivity index (χ0) is 11.1. The lowest BCUT2D eigenvalue weighted by Crippen LogP contribution is -2.22. The minimum Gasteiger partial charge on any atom is -0.444 e. The van der Waals surface area contributed by atoms with Gasteiger partial charge >= 0.3 is 6.09 Å². The van der Waals surface area contributed by atoms with Crippen LogP contribution < -0.4 is 5.32 Å². The molecule has 8 heteroatoms. The van der Waals surface area contributed by atoms with Gasteiger partial charge in [0.05, 0.1) is 5.56 Å². The normalized spacial score (nSPS) is 15.1. The number of anilines is 1. The van der Waals surface area contributed by atoms with E-state index >= 15 is 0 Å². The van der Waals surface area contributed by atoms with Crippen molar-refractivity contribution in [3.63, 3.8) is 0 Å². The Labute approximate surface area is 85.4 Å². The van der Waals surface area contributed by atoms with E-state index in [1.807, 2.05) is 0 Å². The summed E-state index contributed by atoms with van der Waals surface area (Å²) < 4.78 is 26.9. The van der Waals surface area contributed by atoms with E-state index in [0.29, 0.717) is 5.56 Å². The highest BCUT2D eigenvalue weighted by molar-refractivity contribution is 7.90. The van der Waals surface area contributed by atoms with Crippen molar-refractivity contribution in [1.29, 1.82) is 0 Å². The summed E-state index contributed by atoms with van der Waals surface area (Å²) in [6.07, 6.45) is 1.66. The Morgan fingerprint density at radius 3 is 2.93 bits per heavy atom. The second kappa shape index (κ2) is 3.16. The minimum atomic E-state index is -3.47. The number of hydrogen-bond acceptors (Lipinski definition) is 6. The molecule has 0 fully saturated rings. The fourth-order valence-corrected chi connectivity index (χ4v) is 1.56. The molecule has 0 spiro atoms. The third kappa shape index (κ3) is 1.89. The van der Waals surface area contributed by atoms with E-state index in [0.717, 1.165) is 6.26 Å². The summed E-state index contributed by atoms with van der Waals surface area (Å²) in [5.41, 5.74) is 0.544. The van der Waals surface area contributed by atoms with Gasteiger partial charge in [-0.15, -0.1) is 0 Å². The molecule has 0 unspecified atom stereocenters. The zero-order valence-corrected chi connectivity index (χ0v) is 8.54. The maximum atomic E-state index is 11.1. The zero-order valence-electron chi connectivity index (χ0n) is 7.72. The molecule has 1 aromatic rings. The van der Waals surface area contributed by atoms with Crippen LogP contribution in [0, 0.1) is 0 Å². The molecule has 7 nitrogen and oxygen atoms in total. The number of sulfone groups is 1. The first-order valence-electron chi connectivity index (χ1n) is 3.96. The second-order valence-corrected chi connectivity index (χ2v) is 4.91. The summed E-state index contributed by atoms with van der Waals surface area (Å²) >= 11 is 0. The maximum Gasteiger partial charge on any atom is 0.413 e. The largest absolute Gasteiger partial charge is 0.444 e. The van der Waals surface area contributed by atoms with Crippen LogP contribution in [0.1, 0.15) is 5.56 Å². The van der Waals surface area contributed by atoms with Gasteiger partial charge in [-0.2, -0.15) is 0 Å². The number of fused-ring (bicyclic) bond motifs is 1. The molecule has 0 saturated carbocycles. The predicted octanol–water partition coefficient (Wildman–Crippen LogP) is -0.0578. The van der Waals surface area contributed by atoms with E-state index in [4.69, 9.17) is 0 Å². The van der Waals surface area contributed by atoms with E-state index in [1.54, 1.807) is 0 Å². The van der Waals surface area contributed by atoms with E-state index < -0.39 is 15.9 Å². The third-order valence-electron chi connectivity index (χ3n) is 1.75. The lowest BCUT2D eigenvalue weighted by molar-refractivity contribution is 0.150. The Morgan fingerprint density at radius 1 is 1.53 bits per heavy atom. The SMILES string of the molecule is CS(=O)(=O)c1ncc2c(n1)NC(=O)OC2. The molecule has 1 aromatic heterocycles. The minimum absolute atomic E-state index is 0.0468. The highest BCUT2D eigenvalue weighted by Gasteiger charge is 2.20. The van der Waals surface area contributed by atoms with Crippen molar-refractivity contribution >= 4 is 21.7 Å². The summed E-state index contributed by atoms with van der Waals surface area (Å²) in [5.74, 6) is 0.182. The Balaban J connectivity index is 2.50. The van der Waals surface area contributed by atoms with Crippen molar-refractivity contribution < 1.29 is 17.9 Å². The van der Waals surface area contributed by atoms with E-state index in [-0.39, 0.29) is 17.6 Å². The summed E-state index contributed by atoms with van der Waals surface area (Å²) in [5, 5.41) is 1.98. The molecule has 0 bridgehead atoms. The summed E-state index contributed by atoms with van der Waals surface area (Å²) in [6.45, 7) is 0.0468. The molecule has 0 atom stereocenters. The molecule has 2 heterocycles. The standard InChI is InChI=1S/C7H7N3O4S/c1-15(12,13)6-8-2-4-3-14-7(11)10-5(4)9-6/h2H,3H2,1H3,(H,8,9,10,11). The molecular formula is C7H7N3O4S. The molecule has 0 aromatic carbocycles. The van der Waals surface area contributed by atoms with Gasteiger partial charge in [0.2, 0.25) is 15.0 Å². The molecule has 1 amide bonds. The van der Waals surface area contributed by atoms with Crippen molar-refractivity contribution in [3.05, 3.63) is 11.8 Å². The number of aromatic nitrogens is 2. The number of cyclic esters (lactones) is 1. The fourth-order valence-electron chi connectivity index (χ4n) is 1.06. The van der Waals surface area contributed by atoms with Gasteiger partial charge in [0.15, 0.2) is 0 Å². The molecule has 0 saturated heterocycles. The van der Waals surface area contributed by atoms with Gasteiger partial charge in [0, 0.05) is 12.5 Å². The number of hydrogen-bond donors (Lipinski definition) is 1. The van der Waals surface area contributed by atoms with Crippen molar-refractivity contribution in [2.45, 2.75) is 11.8 Å². The third-order valence-corrected chi connectivity index (χ3v) is 2.61. The molecule has 80 valence electrons. The van der Waals surface area contributed by atoms with Gasteiger partial charge in [-0.1, -0.05) is 0 Å². The number of carbonyl (C=O) groups excluding carboxylic acids is 1. The van der Waals surface area contributed by atoms with E-state index in [9.17, 15) is 13.2 Å². The van der Waals surface area contributed by atoms with Crippen LogP contribution in [0.25, 0.3) is 0 Å². The molecule has 1 aliphatic rings. The van der Waals surface area contributed by atoms with Crippen LogP contribution in [-0.4, -0.2) is 30.7 Å². The van der Waals surface area contributed by atoms with Gasteiger partial charge in [0.1, 0.15) is 12.4 Å². The van der Waals surface area contributed by atoms with Crippen molar-refractivity contribution in [2.24, 2.45) is 0 Å². The molecule has 1 N–H and O–H groups in total. The molecule has 0 aliphatic carbocycles. The van der Waals surface area contributed by atoms with Crippen LogP contribution in [0.4, 0.5) is 10.6 Å². The first-order valence-corrected chi connectivity index (χ1v) is 5.86. The lowest BCUT2D eigenvalue weighted by Gasteiger charge is -2.15. The van der Waals surface area contributed by atoms with E-state index in [1.165, 1.54) is 6.20 Å².